The second kappa shape index (κ2) is 5.86. The summed E-state index contributed by atoms with van der Waals surface area (Å²) in [7, 11) is -3.99. The summed E-state index contributed by atoms with van der Waals surface area (Å²) in [6.45, 7) is -1.11. The molecule has 0 aliphatic heterocycles. The van der Waals surface area contributed by atoms with Crippen molar-refractivity contribution in [2.75, 3.05) is 0 Å². The van der Waals surface area contributed by atoms with Crippen LogP contribution in [0.2, 0.25) is 0 Å². The number of aromatic nitrogens is 1. The highest BCUT2D eigenvalue weighted by Crippen LogP contribution is 2.27. The fourth-order valence-corrected chi connectivity index (χ4v) is 3.27. The first kappa shape index (κ1) is 16.4. The van der Waals surface area contributed by atoms with Gasteiger partial charge in [0.1, 0.15) is 17.2 Å². The molecule has 0 unspecified atom stereocenters. The molecular weight excluding hydrogens is 343 g/mol. The van der Waals surface area contributed by atoms with E-state index in [-0.39, 0.29) is 10.6 Å². The monoisotopic (exact) mass is 355 g/mol. The molecular formula is C16H12F3NO3S. The van der Waals surface area contributed by atoms with Gasteiger partial charge in [0.2, 0.25) is 0 Å². The van der Waals surface area contributed by atoms with Crippen LogP contribution < -0.4 is 4.18 Å². The van der Waals surface area contributed by atoms with Crippen molar-refractivity contribution < 1.29 is 25.8 Å². The molecule has 0 aliphatic rings. The van der Waals surface area contributed by atoms with Gasteiger partial charge < -0.3 is 8.75 Å². The van der Waals surface area contributed by atoms with E-state index in [1.54, 1.807) is 18.2 Å². The quantitative estimate of drug-likeness (QED) is 0.666. The lowest BCUT2D eigenvalue weighted by Gasteiger charge is -2.10. The molecule has 1 aromatic heterocycles. The van der Waals surface area contributed by atoms with Crippen molar-refractivity contribution in [3.05, 3.63) is 60.8 Å². The number of rotatable bonds is 4. The summed E-state index contributed by atoms with van der Waals surface area (Å²) in [5.74, 6) is 0.0381. The average Bonchev–Trinajstić information content (AvgIpc) is 2.88. The van der Waals surface area contributed by atoms with Gasteiger partial charge in [0.05, 0.1) is 0 Å². The van der Waals surface area contributed by atoms with Crippen LogP contribution in [0.1, 0.15) is 0 Å². The van der Waals surface area contributed by atoms with Crippen LogP contribution in [0.3, 0.4) is 0 Å². The molecule has 8 heteroatoms. The molecule has 0 aliphatic carbocycles. The lowest BCUT2D eigenvalue weighted by Crippen LogP contribution is -2.16. The molecule has 1 heterocycles. The van der Waals surface area contributed by atoms with Crippen LogP contribution in [0.25, 0.3) is 10.9 Å². The maximum absolute atomic E-state index is 12.5. The van der Waals surface area contributed by atoms with Gasteiger partial charge in [-0.15, -0.1) is 0 Å². The molecule has 0 atom stereocenters. The van der Waals surface area contributed by atoms with Crippen LogP contribution >= 0.6 is 0 Å². The fraction of sp³-hybridized carbons (Fsp3) is 0.125. The molecule has 4 nitrogen and oxygen atoms in total. The van der Waals surface area contributed by atoms with E-state index in [0.29, 0.717) is 10.9 Å². The van der Waals surface area contributed by atoms with Crippen molar-refractivity contribution in [3.63, 3.8) is 0 Å². The molecule has 0 radical (unpaired) electrons. The van der Waals surface area contributed by atoms with Gasteiger partial charge in [-0.3, -0.25) is 0 Å². The molecule has 126 valence electrons. The summed E-state index contributed by atoms with van der Waals surface area (Å²) in [6.07, 6.45) is -3.04. The van der Waals surface area contributed by atoms with Crippen molar-refractivity contribution in [1.29, 1.82) is 0 Å². The number of benzene rings is 2. The largest absolute Gasteiger partial charge is 0.406 e. The molecule has 3 rings (SSSR count). The Morgan fingerprint density at radius 2 is 1.71 bits per heavy atom. The lowest BCUT2D eigenvalue weighted by atomic mass is 10.2. The topological polar surface area (TPSA) is 48.3 Å². The minimum absolute atomic E-state index is 0.000242. The van der Waals surface area contributed by atoms with E-state index < -0.39 is 22.8 Å². The zero-order valence-electron chi connectivity index (χ0n) is 12.2. The Morgan fingerprint density at radius 3 is 2.38 bits per heavy atom. The third-order valence-electron chi connectivity index (χ3n) is 3.33. The maximum atomic E-state index is 12.5. The van der Waals surface area contributed by atoms with Crippen molar-refractivity contribution in [2.24, 2.45) is 0 Å². The first-order chi connectivity index (χ1) is 11.2. The minimum Gasteiger partial charge on any atom is -0.379 e. The first-order valence-electron chi connectivity index (χ1n) is 6.90. The number of halogens is 3. The van der Waals surface area contributed by atoms with E-state index >= 15 is 0 Å². The zero-order chi connectivity index (χ0) is 17.4. The first-order valence-corrected chi connectivity index (χ1v) is 8.31. The predicted molar refractivity (Wildman–Crippen MR) is 82.2 cm³/mol. The minimum atomic E-state index is -4.34. The Kier molecular flexibility index (Phi) is 4.00. The smallest absolute Gasteiger partial charge is 0.379 e. The Balaban J connectivity index is 1.90. The number of hydrogen-bond donors (Lipinski definition) is 0. The van der Waals surface area contributed by atoms with Crippen LogP contribution in [0.4, 0.5) is 13.2 Å². The highest BCUT2D eigenvalue weighted by molar-refractivity contribution is 7.87. The van der Waals surface area contributed by atoms with Gasteiger partial charge in [0.15, 0.2) is 0 Å². The Labute approximate surface area is 136 Å². The van der Waals surface area contributed by atoms with Gasteiger partial charge in [-0.1, -0.05) is 18.2 Å². The average molecular weight is 355 g/mol. The predicted octanol–water partition coefficient (Wildman–Crippen LogP) is 3.97. The molecule has 2 aromatic carbocycles. The fourth-order valence-electron chi connectivity index (χ4n) is 2.32. The normalized spacial score (nSPS) is 12.5. The third-order valence-corrected chi connectivity index (χ3v) is 4.59. The highest BCUT2D eigenvalue weighted by Gasteiger charge is 2.28. The van der Waals surface area contributed by atoms with E-state index in [0.717, 1.165) is 4.57 Å². The lowest BCUT2D eigenvalue weighted by molar-refractivity contribution is -0.139. The van der Waals surface area contributed by atoms with E-state index in [4.69, 9.17) is 4.18 Å². The molecule has 0 saturated heterocycles. The van der Waals surface area contributed by atoms with Gasteiger partial charge >= 0.3 is 16.3 Å². The van der Waals surface area contributed by atoms with Gasteiger partial charge in [-0.05, 0) is 36.4 Å². The van der Waals surface area contributed by atoms with Gasteiger partial charge in [-0.25, -0.2) is 0 Å². The number of alkyl halides is 3. The highest BCUT2D eigenvalue weighted by atomic mass is 32.2. The molecule has 0 fully saturated rings. The summed E-state index contributed by atoms with van der Waals surface area (Å²) in [5.41, 5.74) is 0.344. The molecule has 0 amide bonds. The summed E-state index contributed by atoms with van der Waals surface area (Å²) in [6, 6.07) is 13.2. The van der Waals surface area contributed by atoms with Crippen LogP contribution in [0, 0.1) is 0 Å². The van der Waals surface area contributed by atoms with Crippen molar-refractivity contribution in [2.45, 2.75) is 17.6 Å². The van der Waals surface area contributed by atoms with Crippen molar-refractivity contribution >= 4 is 21.0 Å². The SMILES string of the molecule is O=S(=O)(Oc1ccc2c(ccn2CC(F)(F)F)c1)c1ccccc1. The number of fused-ring (bicyclic) bond motifs is 1. The molecule has 24 heavy (non-hydrogen) atoms. The zero-order valence-corrected chi connectivity index (χ0v) is 13.0. The van der Waals surface area contributed by atoms with Crippen LogP contribution in [-0.4, -0.2) is 19.2 Å². The molecule has 3 aromatic rings. The number of nitrogens with zero attached hydrogens (tertiary/aromatic N) is 1. The van der Waals surface area contributed by atoms with E-state index in [9.17, 15) is 21.6 Å². The number of hydrogen-bond acceptors (Lipinski definition) is 3. The van der Waals surface area contributed by atoms with Gasteiger partial charge in [-0.2, -0.15) is 21.6 Å². The van der Waals surface area contributed by atoms with E-state index in [2.05, 4.69) is 0 Å². The van der Waals surface area contributed by atoms with Crippen molar-refractivity contribution in [3.8, 4) is 5.75 Å². The second-order valence-corrected chi connectivity index (χ2v) is 6.68. The van der Waals surface area contributed by atoms with E-state index in [1.807, 2.05) is 0 Å². The molecule has 0 saturated carbocycles. The Bertz CT molecular complexity index is 963. The second-order valence-electron chi connectivity index (χ2n) is 5.13. The summed E-state index contributed by atoms with van der Waals surface area (Å²) < 4.78 is 67.9. The van der Waals surface area contributed by atoms with Gasteiger partial charge in [0.25, 0.3) is 0 Å². The molecule has 0 spiro atoms. The Morgan fingerprint density at radius 1 is 1.00 bits per heavy atom. The van der Waals surface area contributed by atoms with E-state index in [1.165, 1.54) is 42.6 Å². The summed E-state index contributed by atoms with van der Waals surface area (Å²) >= 11 is 0. The Hall–Kier alpha value is -2.48. The maximum Gasteiger partial charge on any atom is 0.406 e. The molecule has 0 N–H and O–H groups in total. The van der Waals surface area contributed by atoms with Crippen LogP contribution in [0.15, 0.2) is 65.7 Å². The third kappa shape index (κ3) is 3.53. The van der Waals surface area contributed by atoms with Crippen molar-refractivity contribution in [1.82, 2.24) is 4.57 Å². The van der Waals surface area contributed by atoms with Crippen LogP contribution in [-0.2, 0) is 16.7 Å². The summed E-state index contributed by atoms with van der Waals surface area (Å²) in [4.78, 5) is -0.000242. The molecule has 0 bridgehead atoms. The van der Waals surface area contributed by atoms with Gasteiger partial charge in [0, 0.05) is 17.1 Å². The standard InChI is InChI=1S/C16H12F3NO3S/c17-16(18,19)11-20-9-8-12-10-13(6-7-15(12)20)23-24(21,22)14-4-2-1-3-5-14/h1-10H,11H2. The van der Waals surface area contributed by atoms with Crippen LogP contribution in [0.5, 0.6) is 5.75 Å². The summed E-state index contributed by atoms with van der Waals surface area (Å²) in [5, 5.41) is 0.458.